The van der Waals surface area contributed by atoms with Crippen LogP contribution in [0.15, 0.2) is 48.5 Å². The van der Waals surface area contributed by atoms with Gasteiger partial charge in [-0.25, -0.2) is 4.79 Å². The standard InChI is InChI=1S/C20H24N2O4/c1-4-15-6-12-18(13-7-15)26-14-19(23)21-16-8-10-17(11-9-16)22(3)20(24)25-5-2/h6-13H,4-5,14H2,1-3H3,(H,21,23). The molecule has 2 rings (SSSR count). The first-order valence-corrected chi connectivity index (χ1v) is 8.55. The molecular formula is C20H24N2O4. The van der Waals surface area contributed by atoms with E-state index in [0.717, 1.165) is 6.42 Å². The number of hydrogen-bond donors (Lipinski definition) is 1. The summed E-state index contributed by atoms with van der Waals surface area (Å²) in [4.78, 5) is 25.1. The number of anilines is 2. The van der Waals surface area contributed by atoms with Crippen molar-refractivity contribution in [2.24, 2.45) is 0 Å². The first-order valence-electron chi connectivity index (χ1n) is 8.55. The Morgan fingerprint density at radius 2 is 1.65 bits per heavy atom. The van der Waals surface area contributed by atoms with Gasteiger partial charge in [-0.1, -0.05) is 19.1 Å². The van der Waals surface area contributed by atoms with Gasteiger partial charge in [0.15, 0.2) is 6.61 Å². The Hall–Kier alpha value is -3.02. The van der Waals surface area contributed by atoms with E-state index in [1.165, 1.54) is 10.5 Å². The fourth-order valence-electron chi connectivity index (χ4n) is 2.26. The van der Waals surface area contributed by atoms with Gasteiger partial charge in [-0.2, -0.15) is 0 Å². The number of ether oxygens (including phenoxy) is 2. The van der Waals surface area contributed by atoms with E-state index < -0.39 is 6.09 Å². The van der Waals surface area contributed by atoms with Crippen LogP contribution in [0.4, 0.5) is 16.2 Å². The summed E-state index contributed by atoms with van der Waals surface area (Å²) in [5.74, 6) is 0.403. The van der Waals surface area contributed by atoms with Gasteiger partial charge < -0.3 is 14.8 Å². The maximum Gasteiger partial charge on any atom is 0.413 e. The number of nitrogens with zero attached hydrogens (tertiary/aromatic N) is 1. The third-order valence-electron chi connectivity index (χ3n) is 3.78. The van der Waals surface area contributed by atoms with E-state index in [-0.39, 0.29) is 12.5 Å². The molecule has 0 heterocycles. The molecule has 0 bridgehead atoms. The van der Waals surface area contributed by atoms with Crippen LogP contribution < -0.4 is 15.0 Å². The van der Waals surface area contributed by atoms with Crippen LogP contribution in [0.25, 0.3) is 0 Å². The molecule has 26 heavy (non-hydrogen) atoms. The third kappa shape index (κ3) is 5.51. The Balaban J connectivity index is 1.85. The fourth-order valence-corrected chi connectivity index (χ4v) is 2.26. The summed E-state index contributed by atoms with van der Waals surface area (Å²) in [5, 5.41) is 2.76. The molecule has 1 N–H and O–H groups in total. The van der Waals surface area contributed by atoms with Gasteiger partial charge in [0.25, 0.3) is 5.91 Å². The number of carbonyl (C=O) groups is 2. The molecule has 2 aromatic carbocycles. The minimum Gasteiger partial charge on any atom is -0.484 e. The van der Waals surface area contributed by atoms with E-state index in [9.17, 15) is 9.59 Å². The summed E-state index contributed by atoms with van der Waals surface area (Å²) >= 11 is 0. The topological polar surface area (TPSA) is 67.9 Å². The number of nitrogens with one attached hydrogen (secondary N) is 1. The number of hydrogen-bond acceptors (Lipinski definition) is 4. The van der Waals surface area contributed by atoms with Crippen molar-refractivity contribution < 1.29 is 19.1 Å². The fraction of sp³-hybridized carbons (Fsp3) is 0.300. The second-order valence-electron chi connectivity index (χ2n) is 5.64. The smallest absolute Gasteiger partial charge is 0.413 e. The zero-order valence-corrected chi connectivity index (χ0v) is 15.3. The van der Waals surface area contributed by atoms with Crippen molar-refractivity contribution in [1.82, 2.24) is 0 Å². The number of aryl methyl sites for hydroxylation is 1. The van der Waals surface area contributed by atoms with Crippen molar-refractivity contribution in [3.8, 4) is 5.75 Å². The first kappa shape index (κ1) is 19.3. The van der Waals surface area contributed by atoms with Crippen molar-refractivity contribution in [3.05, 3.63) is 54.1 Å². The number of amides is 2. The van der Waals surface area contributed by atoms with Crippen LogP contribution in [0.2, 0.25) is 0 Å². The molecule has 0 saturated carbocycles. The summed E-state index contributed by atoms with van der Waals surface area (Å²) in [7, 11) is 1.63. The van der Waals surface area contributed by atoms with E-state index >= 15 is 0 Å². The summed E-state index contributed by atoms with van der Waals surface area (Å²) < 4.78 is 10.4. The van der Waals surface area contributed by atoms with E-state index in [1.807, 2.05) is 24.3 Å². The molecule has 138 valence electrons. The van der Waals surface area contributed by atoms with E-state index in [4.69, 9.17) is 9.47 Å². The van der Waals surface area contributed by atoms with Gasteiger partial charge in [0.1, 0.15) is 5.75 Å². The molecule has 0 unspecified atom stereocenters. The largest absolute Gasteiger partial charge is 0.484 e. The molecule has 6 nitrogen and oxygen atoms in total. The lowest BCUT2D eigenvalue weighted by molar-refractivity contribution is -0.118. The Morgan fingerprint density at radius 3 is 2.23 bits per heavy atom. The van der Waals surface area contributed by atoms with Crippen molar-refractivity contribution >= 4 is 23.4 Å². The van der Waals surface area contributed by atoms with E-state index in [1.54, 1.807) is 38.2 Å². The highest BCUT2D eigenvalue weighted by atomic mass is 16.6. The molecule has 0 aliphatic carbocycles. The number of rotatable bonds is 7. The molecule has 6 heteroatoms. The second-order valence-corrected chi connectivity index (χ2v) is 5.64. The molecule has 0 aliphatic heterocycles. The zero-order valence-electron chi connectivity index (χ0n) is 15.3. The third-order valence-corrected chi connectivity index (χ3v) is 3.78. The summed E-state index contributed by atoms with van der Waals surface area (Å²) in [6, 6.07) is 14.6. The SMILES string of the molecule is CCOC(=O)N(C)c1ccc(NC(=O)COc2ccc(CC)cc2)cc1. The Labute approximate surface area is 153 Å². The average Bonchev–Trinajstić information content (AvgIpc) is 2.67. The van der Waals surface area contributed by atoms with Gasteiger partial charge in [0, 0.05) is 18.4 Å². The van der Waals surface area contributed by atoms with Crippen molar-refractivity contribution in [2.45, 2.75) is 20.3 Å². The van der Waals surface area contributed by atoms with Crippen LogP contribution in [-0.2, 0) is 16.0 Å². The molecule has 2 aromatic rings. The zero-order chi connectivity index (χ0) is 18.9. The monoisotopic (exact) mass is 356 g/mol. The molecule has 0 saturated heterocycles. The van der Waals surface area contributed by atoms with Gasteiger partial charge in [0.2, 0.25) is 0 Å². The minimum atomic E-state index is -0.424. The van der Waals surface area contributed by atoms with Gasteiger partial charge in [-0.3, -0.25) is 9.69 Å². The molecule has 0 spiro atoms. The Kier molecular flexibility index (Phi) is 7.02. The first-order chi connectivity index (χ1) is 12.5. The van der Waals surface area contributed by atoms with Crippen LogP contribution in [0.3, 0.4) is 0 Å². The molecular weight excluding hydrogens is 332 g/mol. The highest BCUT2D eigenvalue weighted by molar-refractivity contribution is 5.92. The Morgan fingerprint density at radius 1 is 1.00 bits per heavy atom. The van der Waals surface area contributed by atoms with Crippen LogP contribution in [0.1, 0.15) is 19.4 Å². The maximum absolute atomic E-state index is 12.0. The highest BCUT2D eigenvalue weighted by Gasteiger charge is 2.11. The van der Waals surface area contributed by atoms with Gasteiger partial charge in [-0.05, 0) is 55.3 Å². The van der Waals surface area contributed by atoms with Crippen LogP contribution >= 0.6 is 0 Å². The van der Waals surface area contributed by atoms with Crippen molar-refractivity contribution in [2.75, 3.05) is 30.5 Å². The Bertz CT molecular complexity index is 726. The van der Waals surface area contributed by atoms with Crippen LogP contribution in [-0.4, -0.2) is 32.3 Å². The van der Waals surface area contributed by atoms with E-state index in [2.05, 4.69) is 12.2 Å². The molecule has 0 aliphatic rings. The maximum atomic E-state index is 12.0. The molecule has 0 fully saturated rings. The van der Waals surface area contributed by atoms with Crippen molar-refractivity contribution in [3.63, 3.8) is 0 Å². The molecule has 0 atom stereocenters. The minimum absolute atomic E-state index is 0.0735. The molecule has 0 aromatic heterocycles. The van der Waals surface area contributed by atoms with Crippen LogP contribution in [0.5, 0.6) is 5.75 Å². The number of benzene rings is 2. The predicted octanol–water partition coefficient (Wildman–Crippen LogP) is 3.86. The summed E-state index contributed by atoms with van der Waals surface area (Å²) in [6.45, 7) is 4.08. The quantitative estimate of drug-likeness (QED) is 0.818. The van der Waals surface area contributed by atoms with Gasteiger partial charge >= 0.3 is 6.09 Å². The highest BCUT2D eigenvalue weighted by Crippen LogP contribution is 2.18. The molecule has 0 radical (unpaired) electrons. The van der Waals surface area contributed by atoms with Crippen molar-refractivity contribution in [1.29, 1.82) is 0 Å². The average molecular weight is 356 g/mol. The summed E-state index contributed by atoms with van der Waals surface area (Å²) in [6.07, 6.45) is 0.536. The van der Waals surface area contributed by atoms with Crippen LogP contribution in [0, 0.1) is 0 Å². The van der Waals surface area contributed by atoms with E-state index in [0.29, 0.717) is 23.7 Å². The van der Waals surface area contributed by atoms with Gasteiger partial charge in [-0.15, -0.1) is 0 Å². The normalized spacial score (nSPS) is 10.1. The number of carbonyl (C=O) groups excluding carboxylic acids is 2. The lowest BCUT2D eigenvalue weighted by Crippen LogP contribution is -2.27. The predicted molar refractivity (Wildman–Crippen MR) is 102 cm³/mol. The molecule has 2 amide bonds. The lowest BCUT2D eigenvalue weighted by Gasteiger charge is -2.17. The summed E-state index contributed by atoms with van der Waals surface area (Å²) in [5.41, 5.74) is 2.52. The second kappa shape index (κ2) is 9.46. The van der Waals surface area contributed by atoms with Gasteiger partial charge in [0.05, 0.1) is 6.61 Å². The lowest BCUT2D eigenvalue weighted by atomic mass is 10.2.